The monoisotopic (exact) mass is 247 g/mol. The highest BCUT2D eigenvalue weighted by atomic mass is 14.9. The van der Waals surface area contributed by atoms with E-state index >= 15 is 0 Å². The SMILES string of the molecule is CCCNCC(Cc1cc(C)ccc1C)C(C)C. The van der Waals surface area contributed by atoms with E-state index in [1.54, 1.807) is 0 Å². The number of hydrogen-bond acceptors (Lipinski definition) is 1. The quantitative estimate of drug-likeness (QED) is 0.715. The smallest absolute Gasteiger partial charge is 0.00149 e. The standard InChI is InChI=1S/C17H29N/c1-6-9-18-12-17(13(2)3)11-16-10-14(4)7-8-15(16)5/h7-8,10,13,17-18H,6,9,11-12H2,1-5H3. The number of benzene rings is 1. The van der Waals surface area contributed by atoms with Gasteiger partial charge in [-0.25, -0.2) is 0 Å². The van der Waals surface area contributed by atoms with Crippen LogP contribution in [0.2, 0.25) is 0 Å². The lowest BCUT2D eigenvalue weighted by atomic mass is 9.87. The van der Waals surface area contributed by atoms with Crippen LogP contribution < -0.4 is 5.32 Å². The zero-order valence-electron chi connectivity index (χ0n) is 12.7. The average Bonchev–Trinajstić information content (AvgIpc) is 2.32. The van der Waals surface area contributed by atoms with Crippen LogP contribution in [0, 0.1) is 25.7 Å². The van der Waals surface area contributed by atoms with E-state index in [4.69, 9.17) is 0 Å². The largest absolute Gasteiger partial charge is 0.316 e. The van der Waals surface area contributed by atoms with Crippen LogP contribution in [-0.4, -0.2) is 13.1 Å². The Bertz CT molecular complexity index is 355. The highest BCUT2D eigenvalue weighted by Crippen LogP contribution is 2.20. The van der Waals surface area contributed by atoms with Crippen LogP contribution in [0.5, 0.6) is 0 Å². The lowest BCUT2D eigenvalue weighted by Crippen LogP contribution is -2.28. The van der Waals surface area contributed by atoms with Crippen molar-refractivity contribution in [3.05, 3.63) is 34.9 Å². The fraction of sp³-hybridized carbons (Fsp3) is 0.647. The lowest BCUT2D eigenvalue weighted by Gasteiger charge is -2.22. The Hall–Kier alpha value is -0.820. The van der Waals surface area contributed by atoms with E-state index in [2.05, 4.69) is 58.1 Å². The van der Waals surface area contributed by atoms with Crippen LogP contribution in [0.15, 0.2) is 18.2 Å². The molecule has 1 unspecified atom stereocenters. The first-order valence-electron chi connectivity index (χ1n) is 7.31. The zero-order chi connectivity index (χ0) is 13.5. The third-order valence-electron chi connectivity index (χ3n) is 3.76. The molecule has 1 atom stereocenters. The molecule has 0 aliphatic heterocycles. The van der Waals surface area contributed by atoms with E-state index in [1.165, 1.54) is 29.5 Å². The Balaban J connectivity index is 2.67. The summed E-state index contributed by atoms with van der Waals surface area (Å²) in [6.45, 7) is 13.6. The third kappa shape index (κ3) is 4.81. The molecule has 1 aromatic rings. The van der Waals surface area contributed by atoms with Crippen LogP contribution in [0.4, 0.5) is 0 Å². The third-order valence-corrected chi connectivity index (χ3v) is 3.76. The van der Waals surface area contributed by atoms with Gasteiger partial charge in [0.25, 0.3) is 0 Å². The van der Waals surface area contributed by atoms with Crippen LogP contribution in [-0.2, 0) is 6.42 Å². The van der Waals surface area contributed by atoms with Crippen molar-refractivity contribution in [2.45, 2.75) is 47.5 Å². The second-order valence-corrected chi connectivity index (χ2v) is 5.84. The van der Waals surface area contributed by atoms with Crippen LogP contribution in [0.3, 0.4) is 0 Å². The molecule has 1 heteroatoms. The van der Waals surface area contributed by atoms with E-state index in [0.29, 0.717) is 0 Å². The minimum absolute atomic E-state index is 0.731. The Morgan fingerprint density at radius 1 is 1.17 bits per heavy atom. The molecule has 1 nitrogen and oxygen atoms in total. The summed E-state index contributed by atoms with van der Waals surface area (Å²) in [4.78, 5) is 0. The summed E-state index contributed by atoms with van der Waals surface area (Å²) in [5.74, 6) is 1.46. The highest BCUT2D eigenvalue weighted by molar-refractivity contribution is 5.30. The van der Waals surface area contributed by atoms with E-state index in [-0.39, 0.29) is 0 Å². The summed E-state index contributed by atoms with van der Waals surface area (Å²) in [6, 6.07) is 6.81. The molecule has 0 saturated heterocycles. The molecule has 0 spiro atoms. The molecule has 0 saturated carbocycles. The average molecular weight is 247 g/mol. The van der Waals surface area contributed by atoms with Crippen molar-refractivity contribution in [2.75, 3.05) is 13.1 Å². The summed E-state index contributed by atoms with van der Waals surface area (Å²) in [6.07, 6.45) is 2.41. The molecule has 18 heavy (non-hydrogen) atoms. The van der Waals surface area contributed by atoms with Crippen molar-refractivity contribution in [2.24, 2.45) is 11.8 Å². The van der Waals surface area contributed by atoms with Crippen LogP contribution >= 0.6 is 0 Å². The van der Waals surface area contributed by atoms with Gasteiger partial charge in [0.05, 0.1) is 0 Å². The molecule has 0 amide bonds. The molecule has 0 aromatic heterocycles. The van der Waals surface area contributed by atoms with Gasteiger partial charge in [-0.3, -0.25) is 0 Å². The fourth-order valence-corrected chi connectivity index (χ4v) is 2.31. The van der Waals surface area contributed by atoms with Crippen molar-refractivity contribution in [1.29, 1.82) is 0 Å². The normalized spacial score (nSPS) is 13.0. The Morgan fingerprint density at radius 3 is 2.50 bits per heavy atom. The minimum Gasteiger partial charge on any atom is -0.316 e. The summed E-state index contributed by atoms with van der Waals surface area (Å²) in [7, 11) is 0. The number of rotatable bonds is 7. The van der Waals surface area contributed by atoms with Gasteiger partial charge in [-0.1, -0.05) is 44.5 Å². The number of nitrogens with one attached hydrogen (secondary N) is 1. The molecule has 0 aliphatic rings. The summed E-state index contributed by atoms with van der Waals surface area (Å²) >= 11 is 0. The summed E-state index contributed by atoms with van der Waals surface area (Å²) in [5, 5.41) is 3.57. The van der Waals surface area contributed by atoms with Crippen molar-refractivity contribution < 1.29 is 0 Å². The second-order valence-electron chi connectivity index (χ2n) is 5.84. The van der Waals surface area contributed by atoms with E-state index < -0.39 is 0 Å². The summed E-state index contributed by atoms with van der Waals surface area (Å²) in [5.41, 5.74) is 4.33. The molecule has 0 fully saturated rings. The molecule has 102 valence electrons. The molecule has 0 bridgehead atoms. The molecule has 0 heterocycles. The first-order chi connectivity index (χ1) is 8.54. The highest BCUT2D eigenvalue weighted by Gasteiger charge is 2.14. The van der Waals surface area contributed by atoms with Gasteiger partial charge in [0.1, 0.15) is 0 Å². The predicted octanol–water partition coefficient (Wildman–Crippen LogP) is 4.12. The topological polar surface area (TPSA) is 12.0 Å². The van der Waals surface area contributed by atoms with E-state index in [9.17, 15) is 0 Å². The van der Waals surface area contributed by atoms with Gasteiger partial charge < -0.3 is 5.32 Å². The van der Waals surface area contributed by atoms with Crippen molar-refractivity contribution in [3.8, 4) is 0 Å². The van der Waals surface area contributed by atoms with Gasteiger partial charge >= 0.3 is 0 Å². The van der Waals surface area contributed by atoms with Crippen molar-refractivity contribution in [1.82, 2.24) is 5.32 Å². The first kappa shape index (κ1) is 15.2. The maximum Gasteiger partial charge on any atom is -0.00149 e. The number of aryl methyl sites for hydroxylation is 2. The lowest BCUT2D eigenvalue weighted by molar-refractivity contribution is 0.360. The van der Waals surface area contributed by atoms with Gasteiger partial charge in [0, 0.05) is 0 Å². The second kappa shape index (κ2) is 7.58. The summed E-state index contributed by atoms with van der Waals surface area (Å²) < 4.78 is 0. The van der Waals surface area contributed by atoms with Crippen molar-refractivity contribution in [3.63, 3.8) is 0 Å². The maximum atomic E-state index is 3.57. The Kier molecular flexibility index (Phi) is 6.42. The van der Waals surface area contributed by atoms with Gasteiger partial charge in [-0.2, -0.15) is 0 Å². The minimum atomic E-state index is 0.731. The molecule has 0 aliphatic carbocycles. The van der Waals surface area contributed by atoms with Gasteiger partial charge in [-0.05, 0) is 62.7 Å². The van der Waals surface area contributed by atoms with Crippen LogP contribution in [0.25, 0.3) is 0 Å². The van der Waals surface area contributed by atoms with E-state index in [1.807, 2.05) is 0 Å². The molecular formula is C17H29N. The Labute approximate surface area is 113 Å². The molecule has 1 aromatic carbocycles. The molecular weight excluding hydrogens is 218 g/mol. The van der Waals surface area contributed by atoms with Crippen LogP contribution in [0.1, 0.15) is 43.9 Å². The maximum absolute atomic E-state index is 3.57. The zero-order valence-corrected chi connectivity index (χ0v) is 12.7. The fourth-order valence-electron chi connectivity index (χ4n) is 2.31. The molecule has 0 radical (unpaired) electrons. The van der Waals surface area contributed by atoms with Gasteiger partial charge in [0.2, 0.25) is 0 Å². The van der Waals surface area contributed by atoms with Crippen molar-refractivity contribution >= 4 is 0 Å². The van der Waals surface area contributed by atoms with Gasteiger partial charge in [-0.15, -0.1) is 0 Å². The van der Waals surface area contributed by atoms with Gasteiger partial charge in [0.15, 0.2) is 0 Å². The molecule has 1 N–H and O–H groups in total. The molecule has 1 rings (SSSR count). The number of hydrogen-bond donors (Lipinski definition) is 1. The van der Waals surface area contributed by atoms with E-state index in [0.717, 1.165) is 24.9 Å². The predicted molar refractivity (Wildman–Crippen MR) is 81.1 cm³/mol. The Morgan fingerprint density at radius 2 is 1.89 bits per heavy atom. The first-order valence-corrected chi connectivity index (χ1v) is 7.31.